The third-order valence-electron chi connectivity index (χ3n) is 5.28. The third-order valence-corrected chi connectivity index (χ3v) is 5.28. The normalized spacial score (nSPS) is 11.4. The van der Waals surface area contributed by atoms with Crippen molar-refractivity contribution < 1.29 is 0 Å². The zero-order valence-electron chi connectivity index (χ0n) is 18.1. The lowest BCUT2D eigenvalue weighted by atomic mass is 10.1. The highest BCUT2D eigenvalue weighted by Gasteiger charge is 2.08. The number of halogens is 1. The van der Waals surface area contributed by atoms with Crippen LogP contribution < -0.4 is 15.5 Å². The molecule has 0 fully saturated rings. The zero-order chi connectivity index (χ0) is 20.9. The number of rotatable bonds is 6. The van der Waals surface area contributed by atoms with E-state index in [2.05, 4.69) is 75.3 Å². The maximum atomic E-state index is 4.73. The van der Waals surface area contributed by atoms with Crippen LogP contribution in [0, 0.1) is 0 Å². The van der Waals surface area contributed by atoms with Gasteiger partial charge in [0.1, 0.15) is 5.82 Å². The zero-order valence-corrected chi connectivity index (χ0v) is 20.5. The van der Waals surface area contributed by atoms with Crippen LogP contribution in [0.4, 0.5) is 5.82 Å². The van der Waals surface area contributed by atoms with Gasteiger partial charge in [0, 0.05) is 56.7 Å². The number of hydrogen-bond donors (Lipinski definition) is 3. The van der Waals surface area contributed by atoms with Crippen LogP contribution in [0.3, 0.4) is 0 Å². The van der Waals surface area contributed by atoms with Crippen molar-refractivity contribution in [3.63, 3.8) is 0 Å². The Hall–Kier alpha value is -2.81. The molecule has 3 N–H and O–H groups in total. The second-order valence-electron chi connectivity index (χ2n) is 7.51. The number of nitrogens with one attached hydrogen (secondary N) is 3. The van der Waals surface area contributed by atoms with E-state index in [1.54, 1.807) is 7.05 Å². The fourth-order valence-corrected chi connectivity index (χ4v) is 3.66. The summed E-state index contributed by atoms with van der Waals surface area (Å²) in [5.74, 6) is 1.75. The Bertz CT molecular complexity index is 1180. The minimum Gasteiger partial charge on any atom is -0.363 e. The number of anilines is 1. The number of pyridine rings is 1. The van der Waals surface area contributed by atoms with Crippen LogP contribution in [-0.2, 0) is 13.0 Å². The van der Waals surface area contributed by atoms with Gasteiger partial charge in [-0.15, -0.1) is 24.0 Å². The molecule has 0 aliphatic carbocycles. The van der Waals surface area contributed by atoms with Gasteiger partial charge in [0.2, 0.25) is 0 Å². The Morgan fingerprint density at radius 2 is 1.74 bits per heavy atom. The molecular formula is C24H29IN6. The lowest BCUT2D eigenvalue weighted by Gasteiger charge is -2.17. The van der Waals surface area contributed by atoms with Crippen molar-refractivity contribution in [3.05, 3.63) is 71.9 Å². The lowest BCUT2D eigenvalue weighted by Crippen LogP contribution is -2.37. The van der Waals surface area contributed by atoms with E-state index in [0.29, 0.717) is 6.54 Å². The van der Waals surface area contributed by atoms with Crippen molar-refractivity contribution in [3.8, 4) is 0 Å². The topological polar surface area (TPSA) is 68.3 Å². The Labute approximate surface area is 200 Å². The summed E-state index contributed by atoms with van der Waals surface area (Å²) >= 11 is 0. The molecule has 0 saturated heterocycles. The predicted molar refractivity (Wildman–Crippen MR) is 142 cm³/mol. The van der Waals surface area contributed by atoms with Gasteiger partial charge in [-0.05, 0) is 35.7 Å². The van der Waals surface area contributed by atoms with Gasteiger partial charge in [0.25, 0.3) is 0 Å². The molecular weight excluding hydrogens is 499 g/mol. The number of fused-ring (bicyclic) bond motifs is 2. The molecule has 7 heteroatoms. The summed E-state index contributed by atoms with van der Waals surface area (Å²) in [6.45, 7) is 1.48. The van der Waals surface area contributed by atoms with Crippen molar-refractivity contribution in [2.24, 2.45) is 4.99 Å². The van der Waals surface area contributed by atoms with Gasteiger partial charge in [0.15, 0.2) is 5.96 Å². The molecule has 162 valence electrons. The van der Waals surface area contributed by atoms with Gasteiger partial charge in [-0.3, -0.25) is 4.99 Å². The molecule has 0 atom stereocenters. The molecule has 31 heavy (non-hydrogen) atoms. The van der Waals surface area contributed by atoms with Crippen LogP contribution >= 0.6 is 24.0 Å². The van der Waals surface area contributed by atoms with E-state index < -0.39 is 0 Å². The largest absolute Gasteiger partial charge is 0.363 e. The van der Waals surface area contributed by atoms with Crippen LogP contribution in [0.25, 0.3) is 21.8 Å². The average Bonchev–Trinajstić information content (AvgIpc) is 3.18. The Balaban J connectivity index is 0.00000272. The molecule has 2 aromatic carbocycles. The number of H-pyrrole nitrogens is 1. The smallest absolute Gasteiger partial charge is 0.191 e. The Kier molecular flexibility index (Phi) is 7.73. The average molecular weight is 528 g/mol. The number of hydrogen-bond acceptors (Lipinski definition) is 3. The molecule has 0 radical (unpaired) electrons. The molecule has 4 aromatic rings. The monoisotopic (exact) mass is 528 g/mol. The van der Waals surface area contributed by atoms with Crippen molar-refractivity contribution in [1.82, 2.24) is 20.6 Å². The molecule has 0 spiro atoms. The predicted octanol–water partition coefficient (Wildman–Crippen LogP) is 4.31. The molecule has 0 bridgehead atoms. The summed E-state index contributed by atoms with van der Waals surface area (Å²) < 4.78 is 0. The van der Waals surface area contributed by atoms with Crippen LogP contribution in [-0.4, -0.2) is 43.6 Å². The summed E-state index contributed by atoms with van der Waals surface area (Å²) in [6.07, 6.45) is 3.02. The van der Waals surface area contributed by atoms with Gasteiger partial charge in [-0.25, -0.2) is 4.98 Å². The number of aromatic amines is 1. The highest BCUT2D eigenvalue weighted by atomic mass is 127. The Morgan fingerprint density at radius 1 is 1.00 bits per heavy atom. The van der Waals surface area contributed by atoms with Crippen LogP contribution in [0.5, 0.6) is 0 Å². The van der Waals surface area contributed by atoms with E-state index in [4.69, 9.17) is 4.98 Å². The van der Waals surface area contributed by atoms with Gasteiger partial charge in [-0.2, -0.15) is 0 Å². The summed E-state index contributed by atoms with van der Waals surface area (Å²) in [6, 6.07) is 18.8. The molecule has 4 rings (SSSR count). The molecule has 0 saturated carbocycles. The molecule has 2 heterocycles. The first-order chi connectivity index (χ1) is 14.7. The first kappa shape index (κ1) is 22.9. The minimum atomic E-state index is 0. The fourth-order valence-electron chi connectivity index (χ4n) is 3.66. The number of guanidine groups is 1. The van der Waals surface area contributed by atoms with E-state index >= 15 is 0 Å². The molecule has 0 amide bonds. The standard InChI is InChI=1S/C24H28N6.HI/c1-25-24(26-13-12-17-15-27-21-10-6-4-8-19(17)21)28-16-18-14-23(30(2)3)29-22-11-7-5-9-20(18)22;/h4-11,14-15,27H,12-13,16H2,1-3H3,(H2,25,26,28);1H. The van der Waals surface area contributed by atoms with Gasteiger partial charge < -0.3 is 20.5 Å². The number of benzene rings is 2. The summed E-state index contributed by atoms with van der Waals surface area (Å²) in [7, 11) is 5.83. The number of para-hydroxylation sites is 2. The van der Waals surface area contributed by atoms with E-state index in [9.17, 15) is 0 Å². The van der Waals surface area contributed by atoms with Gasteiger partial charge in [0.05, 0.1) is 5.52 Å². The maximum absolute atomic E-state index is 4.73. The van der Waals surface area contributed by atoms with E-state index in [0.717, 1.165) is 35.6 Å². The van der Waals surface area contributed by atoms with Crippen LogP contribution in [0.15, 0.2) is 65.8 Å². The summed E-state index contributed by atoms with van der Waals surface area (Å²) in [5, 5.41) is 9.31. The van der Waals surface area contributed by atoms with Crippen molar-refractivity contribution in [2.75, 3.05) is 32.6 Å². The second kappa shape index (κ2) is 10.5. The first-order valence-electron chi connectivity index (χ1n) is 10.2. The van der Waals surface area contributed by atoms with Crippen molar-refractivity contribution in [2.45, 2.75) is 13.0 Å². The molecule has 0 unspecified atom stereocenters. The SMILES string of the molecule is CN=C(NCCc1c[nH]c2ccccc12)NCc1cc(N(C)C)nc2ccccc12.I. The number of nitrogens with zero attached hydrogens (tertiary/aromatic N) is 3. The molecule has 0 aliphatic heterocycles. The maximum Gasteiger partial charge on any atom is 0.191 e. The molecule has 2 aromatic heterocycles. The molecule has 0 aliphatic rings. The fraction of sp³-hybridized carbons (Fsp3) is 0.250. The van der Waals surface area contributed by atoms with Gasteiger partial charge >= 0.3 is 0 Å². The number of aliphatic imine (C=N–C) groups is 1. The van der Waals surface area contributed by atoms with E-state index in [1.165, 1.54) is 22.0 Å². The van der Waals surface area contributed by atoms with Crippen LogP contribution in [0.2, 0.25) is 0 Å². The Morgan fingerprint density at radius 3 is 2.52 bits per heavy atom. The van der Waals surface area contributed by atoms with E-state index in [1.807, 2.05) is 25.1 Å². The summed E-state index contributed by atoms with van der Waals surface area (Å²) in [4.78, 5) is 14.5. The van der Waals surface area contributed by atoms with Gasteiger partial charge in [-0.1, -0.05) is 36.4 Å². The third kappa shape index (κ3) is 5.28. The highest BCUT2D eigenvalue weighted by Crippen LogP contribution is 2.22. The quantitative estimate of drug-likeness (QED) is 0.198. The highest BCUT2D eigenvalue weighted by molar-refractivity contribution is 14.0. The van der Waals surface area contributed by atoms with Crippen molar-refractivity contribution >= 4 is 57.6 Å². The van der Waals surface area contributed by atoms with E-state index in [-0.39, 0.29) is 24.0 Å². The van der Waals surface area contributed by atoms with Crippen LogP contribution in [0.1, 0.15) is 11.1 Å². The first-order valence-corrected chi connectivity index (χ1v) is 10.2. The number of aromatic nitrogens is 2. The lowest BCUT2D eigenvalue weighted by molar-refractivity contribution is 0.798. The minimum absolute atomic E-state index is 0. The molecule has 6 nitrogen and oxygen atoms in total. The second-order valence-corrected chi connectivity index (χ2v) is 7.51. The summed E-state index contributed by atoms with van der Waals surface area (Å²) in [5.41, 5.74) is 4.69. The van der Waals surface area contributed by atoms with Crippen molar-refractivity contribution in [1.29, 1.82) is 0 Å².